The van der Waals surface area contributed by atoms with Gasteiger partial charge in [0.15, 0.2) is 6.10 Å². The summed E-state index contributed by atoms with van der Waals surface area (Å²) in [6.07, 6.45) is 43.0. The van der Waals surface area contributed by atoms with Gasteiger partial charge in [0.05, 0.1) is 27.7 Å². The SMILES string of the molecule is CC/C=C\C/C=C\C/C=C\C/C=C\CCCCC(=O)OC(COC(=O)CCCCCCCCCCCCCCCCCC)COP(=O)(O)OCC[N+](C)(C)C. The Balaban J connectivity index is 4.41. The van der Waals surface area contributed by atoms with E-state index in [4.69, 9.17) is 18.5 Å². The van der Waals surface area contributed by atoms with E-state index in [1.807, 2.05) is 21.1 Å². The average Bonchev–Trinajstić information content (AvgIpc) is 3.13. The fourth-order valence-corrected chi connectivity index (χ4v) is 6.45. The first kappa shape index (κ1) is 53.0. The third kappa shape index (κ3) is 41.4. The molecule has 0 aromatic heterocycles. The van der Waals surface area contributed by atoms with Crippen molar-refractivity contribution >= 4 is 19.8 Å². The monoisotopic (exact) mass is 797 g/mol. The fraction of sp³-hybridized carbons (Fsp3) is 0.778. The maximum Gasteiger partial charge on any atom is 0.472 e. The van der Waals surface area contributed by atoms with Crippen molar-refractivity contribution < 1.29 is 42.1 Å². The molecule has 0 saturated heterocycles. The lowest BCUT2D eigenvalue weighted by molar-refractivity contribution is -0.870. The second-order valence-electron chi connectivity index (χ2n) is 15.7. The van der Waals surface area contributed by atoms with Gasteiger partial charge in [0.1, 0.15) is 19.8 Å². The van der Waals surface area contributed by atoms with Crippen molar-refractivity contribution in [1.29, 1.82) is 0 Å². The number of hydrogen-bond donors (Lipinski definition) is 1. The highest BCUT2D eigenvalue weighted by Gasteiger charge is 2.27. The van der Waals surface area contributed by atoms with Crippen LogP contribution in [-0.2, 0) is 32.7 Å². The second kappa shape index (κ2) is 37.5. The molecule has 0 radical (unpaired) electrons. The van der Waals surface area contributed by atoms with Crippen molar-refractivity contribution in [2.24, 2.45) is 0 Å². The number of allylic oxidation sites excluding steroid dienone is 8. The predicted octanol–water partition coefficient (Wildman–Crippen LogP) is 12.3. The first-order valence-corrected chi connectivity index (χ1v) is 23.4. The van der Waals surface area contributed by atoms with Gasteiger partial charge in [-0.15, -0.1) is 0 Å². The Kier molecular flexibility index (Phi) is 36.2. The Hall–Kier alpha value is -2.03. The molecule has 0 aromatic carbocycles. The van der Waals surface area contributed by atoms with Gasteiger partial charge in [-0.2, -0.15) is 0 Å². The molecule has 55 heavy (non-hydrogen) atoms. The van der Waals surface area contributed by atoms with Crippen molar-refractivity contribution in [2.45, 2.75) is 180 Å². The molecule has 9 nitrogen and oxygen atoms in total. The molecule has 0 bridgehead atoms. The van der Waals surface area contributed by atoms with Crippen molar-refractivity contribution in [1.82, 2.24) is 0 Å². The number of quaternary nitrogens is 1. The van der Waals surface area contributed by atoms with Gasteiger partial charge >= 0.3 is 19.8 Å². The molecule has 0 aliphatic heterocycles. The Morgan fingerprint density at radius 1 is 0.582 bits per heavy atom. The zero-order chi connectivity index (χ0) is 40.7. The minimum Gasteiger partial charge on any atom is -0.462 e. The highest BCUT2D eigenvalue weighted by Crippen LogP contribution is 2.43. The molecule has 1 N–H and O–H groups in total. The zero-order valence-corrected chi connectivity index (χ0v) is 36.8. The van der Waals surface area contributed by atoms with Crippen LogP contribution in [0.5, 0.6) is 0 Å². The van der Waals surface area contributed by atoms with E-state index in [1.165, 1.54) is 83.5 Å². The topological polar surface area (TPSA) is 108 Å². The number of nitrogens with zero attached hydrogens (tertiary/aromatic N) is 1. The van der Waals surface area contributed by atoms with Crippen LogP contribution < -0.4 is 0 Å². The van der Waals surface area contributed by atoms with Gasteiger partial charge < -0.3 is 18.9 Å². The van der Waals surface area contributed by atoms with Gasteiger partial charge in [-0.3, -0.25) is 18.6 Å². The average molecular weight is 797 g/mol. The minimum atomic E-state index is -4.38. The van der Waals surface area contributed by atoms with Gasteiger partial charge in [-0.1, -0.05) is 159 Å². The summed E-state index contributed by atoms with van der Waals surface area (Å²) in [5.41, 5.74) is 0. The Bertz CT molecular complexity index is 1080. The first-order valence-electron chi connectivity index (χ1n) is 21.9. The molecule has 0 aliphatic rings. The molecule has 0 amide bonds. The number of likely N-dealkylation sites (N-methyl/N-ethyl adjacent to an activating group) is 1. The van der Waals surface area contributed by atoms with Crippen molar-refractivity contribution in [3.8, 4) is 0 Å². The van der Waals surface area contributed by atoms with Gasteiger partial charge in [0, 0.05) is 12.8 Å². The molecule has 0 aromatic rings. The standard InChI is InChI=1S/C45H82NO8P/c1-6-8-10-12-14-16-18-20-22-24-25-27-29-31-33-35-37-44(47)51-41-43(42-53-55(49,50)52-40-39-46(3,4)5)54-45(48)38-36-34-32-30-28-26-23-21-19-17-15-13-11-9-7-2/h9,11,15,17,21,23,28,30,43H,6-8,10,12-14,16,18-20,22,24-27,29,31-42H2,1-5H3/p+1/b11-9-,17-15-,23-21-,30-28-. The van der Waals surface area contributed by atoms with E-state index in [1.54, 1.807) is 0 Å². The Morgan fingerprint density at radius 3 is 1.55 bits per heavy atom. The molecule has 0 fully saturated rings. The number of phosphoric ester groups is 1. The van der Waals surface area contributed by atoms with E-state index in [0.29, 0.717) is 17.4 Å². The summed E-state index contributed by atoms with van der Waals surface area (Å²) in [4.78, 5) is 35.3. The molecule has 2 atom stereocenters. The smallest absolute Gasteiger partial charge is 0.462 e. The number of unbranched alkanes of at least 4 members (excludes halogenated alkanes) is 17. The van der Waals surface area contributed by atoms with Crippen molar-refractivity contribution in [2.75, 3.05) is 47.5 Å². The third-order valence-electron chi connectivity index (χ3n) is 9.12. The summed E-state index contributed by atoms with van der Waals surface area (Å²) in [5, 5.41) is 0. The van der Waals surface area contributed by atoms with Gasteiger partial charge in [0.25, 0.3) is 0 Å². The molecular formula is C45H83NO8P+. The van der Waals surface area contributed by atoms with Crippen molar-refractivity contribution in [3.05, 3.63) is 48.6 Å². The van der Waals surface area contributed by atoms with Crippen LogP contribution in [0, 0.1) is 0 Å². The van der Waals surface area contributed by atoms with Crippen molar-refractivity contribution in [3.63, 3.8) is 0 Å². The summed E-state index contributed by atoms with van der Waals surface area (Å²) in [7, 11) is 1.45. The molecule has 2 unspecified atom stereocenters. The van der Waals surface area contributed by atoms with Gasteiger partial charge in [-0.25, -0.2) is 4.57 Å². The lowest BCUT2D eigenvalue weighted by Crippen LogP contribution is -2.37. The number of esters is 2. The van der Waals surface area contributed by atoms with E-state index in [0.717, 1.165) is 57.8 Å². The normalized spacial score (nSPS) is 14.1. The van der Waals surface area contributed by atoms with Crippen LogP contribution in [0.4, 0.5) is 0 Å². The van der Waals surface area contributed by atoms with Crippen LogP contribution in [-0.4, -0.2) is 74.9 Å². The lowest BCUT2D eigenvalue weighted by Gasteiger charge is -2.24. The van der Waals surface area contributed by atoms with E-state index in [9.17, 15) is 19.0 Å². The molecule has 0 saturated carbocycles. The minimum absolute atomic E-state index is 0.0231. The van der Waals surface area contributed by atoms with E-state index in [2.05, 4.69) is 62.5 Å². The maximum absolute atomic E-state index is 12.7. The lowest BCUT2D eigenvalue weighted by atomic mass is 10.0. The van der Waals surface area contributed by atoms with E-state index >= 15 is 0 Å². The Labute approximate surface area is 337 Å². The number of ether oxygens (including phenoxy) is 2. The van der Waals surface area contributed by atoms with Crippen LogP contribution in [0.25, 0.3) is 0 Å². The summed E-state index contributed by atoms with van der Waals surface area (Å²) >= 11 is 0. The summed E-state index contributed by atoms with van der Waals surface area (Å²) in [6.45, 7) is 4.26. The molecule has 0 spiro atoms. The molecule has 0 rings (SSSR count). The van der Waals surface area contributed by atoms with Crippen LogP contribution in [0.2, 0.25) is 0 Å². The Morgan fingerprint density at radius 2 is 1.04 bits per heavy atom. The fourth-order valence-electron chi connectivity index (χ4n) is 5.71. The summed E-state index contributed by atoms with van der Waals surface area (Å²) < 4.78 is 34.2. The van der Waals surface area contributed by atoms with Crippen LogP contribution in [0.1, 0.15) is 174 Å². The highest BCUT2D eigenvalue weighted by molar-refractivity contribution is 7.47. The number of carbonyl (C=O) groups is 2. The van der Waals surface area contributed by atoms with Crippen LogP contribution in [0.3, 0.4) is 0 Å². The molecule has 320 valence electrons. The molecular weight excluding hydrogens is 713 g/mol. The van der Waals surface area contributed by atoms with E-state index < -0.39 is 26.5 Å². The molecule has 0 aliphatic carbocycles. The van der Waals surface area contributed by atoms with Gasteiger partial charge in [0.2, 0.25) is 0 Å². The van der Waals surface area contributed by atoms with Crippen LogP contribution >= 0.6 is 7.82 Å². The largest absolute Gasteiger partial charge is 0.472 e. The summed E-state index contributed by atoms with van der Waals surface area (Å²) in [5.74, 6) is -0.845. The quantitative estimate of drug-likeness (QED) is 0.0215. The first-order chi connectivity index (χ1) is 26.5. The second-order valence-corrected chi connectivity index (χ2v) is 17.2. The number of carbonyl (C=O) groups excluding carboxylic acids is 2. The molecule has 0 heterocycles. The zero-order valence-electron chi connectivity index (χ0n) is 35.9. The van der Waals surface area contributed by atoms with Gasteiger partial charge in [-0.05, 0) is 51.4 Å². The number of rotatable bonds is 39. The van der Waals surface area contributed by atoms with Crippen LogP contribution in [0.15, 0.2) is 48.6 Å². The predicted molar refractivity (Wildman–Crippen MR) is 229 cm³/mol. The van der Waals surface area contributed by atoms with E-state index in [-0.39, 0.29) is 32.0 Å². The number of hydrogen-bond acceptors (Lipinski definition) is 7. The maximum atomic E-state index is 12.7. The number of phosphoric acid groups is 1. The third-order valence-corrected chi connectivity index (χ3v) is 10.1. The highest BCUT2D eigenvalue weighted by atomic mass is 31.2. The molecule has 10 heteroatoms. The summed E-state index contributed by atoms with van der Waals surface area (Å²) in [6, 6.07) is 0.